The van der Waals surface area contributed by atoms with Crippen molar-refractivity contribution in [2.75, 3.05) is 31.6 Å². The molecule has 1 aliphatic rings. The molecule has 0 saturated carbocycles. The van der Waals surface area contributed by atoms with E-state index in [1.807, 2.05) is 11.9 Å². The van der Waals surface area contributed by atoms with Crippen molar-refractivity contribution in [2.45, 2.75) is 11.3 Å². The number of anilines is 1. The molecule has 3 aromatic rings. The van der Waals surface area contributed by atoms with Gasteiger partial charge in [-0.3, -0.25) is 9.78 Å². The van der Waals surface area contributed by atoms with Gasteiger partial charge in [-0.1, -0.05) is 0 Å². The van der Waals surface area contributed by atoms with E-state index in [0.29, 0.717) is 42.9 Å². The first-order valence-corrected chi connectivity index (χ1v) is 10.3. The highest BCUT2D eigenvalue weighted by Gasteiger charge is 2.24. The van der Waals surface area contributed by atoms with Crippen LogP contribution in [0.1, 0.15) is 5.56 Å². The largest absolute Gasteiger partial charge is 0.490 e. The molecule has 29 heavy (non-hydrogen) atoms. The van der Waals surface area contributed by atoms with E-state index in [-0.39, 0.29) is 11.4 Å². The Bertz CT molecular complexity index is 1130. The lowest BCUT2D eigenvalue weighted by atomic mass is 10.2. The molecule has 3 N–H and O–H groups in total. The Morgan fingerprint density at radius 3 is 2.83 bits per heavy atom. The Morgan fingerprint density at radius 1 is 1.34 bits per heavy atom. The molecule has 2 aromatic heterocycles. The highest BCUT2D eigenvalue weighted by molar-refractivity contribution is 7.90. The number of nitrogens with two attached hydrogens (primary N) is 1. The lowest BCUT2D eigenvalue weighted by molar-refractivity contribution is -0.122. The highest BCUT2D eigenvalue weighted by atomic mass is 32.2. The van der Waals surface area contributed by atoms with Gasteiger partial charge in [0.15, 0.2) is 0 Å². The van der Waals surface area contributed by atoms with Gasteiger partial charge in [-0.15, -0.1) is 0 Å². The molecule has 0 unspecified atom stereocenters. The number of pyridine rings is 1. The zero-order valence-corrected chi connectivity index (χ0v) is 16.7. The third kappa shape index (κ3) is 3.89. The third-order valence-corrected chi connectivity index (χ3v) is 6.27. The van der Waals surface area contributed by atoms with Crippen molar-refractivity contribution in [1.82, 2.24) is 8.96 Å². The van der Waals surface area contributed by atoms with Crippen LogP contribution in [0.15, 0.2) is 47.6 Å². The molecule has 1 aromatic carbocycles. The Morgan fingerprint density at radius 2 is 2.10 bits per heavy atom. The van der Waals surface area contributed by atoms with Crippen molar-refractivity contribution in [3.05, 3.63) is 48.3 Å². The molecule has 154 valence electrons. The number of likely N-dealkylation sites (N-methyl/N-ethyl adjacent to an activating group) is 1. The molecule has 9 nitrogen and oxygen atoms in total. The van der Waals surface area contributed by atoms with Gasteiger partial charge in [0.2, 0.25) is 0 Å². The predicted octanol–water partition coefficient (Wildman–Crippen LogP) is 1.30. The van der Waals surface area contributed by atoms with E-state index in [1.165, 1.54) is 3.97 Å². The zero-order valence-electron chi connectivity index (χ0n) is 15.9. The number of ether oxygens (including phenoxy) is 1. The van der Waals surface area contributed by atoms with Crippen molar-refractivity contribution in [3.8, 4) is 5.75 Å². The first-order valence-electron chi connectivity index (χ1n) is 8.90. The molecular weight excluding hydrogens is 396 g/mol. The van der Waals surface area contributed by atoms with Crippen molar-refractivity contribution in [3.63, 3.8) is 0 Å². The van der Waals surface area contributed by atoms with E-state index in [0.717, 1.165) is 11.3 Å². The van der Waals surface area contributed by atoms with Crippen LogP contribution in [-0.4, -0.2) is 55.7 Å². The fourth-order valence-corrected chi connectivity index (χ4v) is 4.64. The van der Waals surface area contributed by atoms with Gasteiger partial charge in [0, 0.05) is 19.4 Å². The maximum atomic E-state index is 13.3. The molecule has 0 amide bonds. The number of hydrogen-bond donors (Lipinski definition) is 2. The minimum atomic E-state index is -3.77. The first kappa shape index (κ1) is 20.6. The van der Waals surface area contributed by atoms with Gasteiger partial charge in [0.25, 0.3) is 16.5 Å². The molecule has 0 bridgehead atoms. The summed E-state index contributed by atoms with van der Waals surface area (Å²) in [7, 11) is -1.84. The smallest absolute Gasteiger partial charge is 0.290 e. The van der Waals surface area contributed by atoms with E-state index in [9.17, 15) is 8.42 Å². The van der Waals surface area contributed by atoms with E-state index in [4.69, 9.17) is 20.4 Å². The first-order chi connectivity index (χ1) is 13.9. The van der Waals surface area contributed by atoms with Gasteiger partial charge in [-0.05, 0) is 48.9 Å². The summed E-state index contributed by atoms with van der Waals surface area (Å²) in [5.41, 5.74) is 8.48. The Balaban J connectivity index is 0.000000755. The van der Waals surface area contributed by atoms with Crippen LogP contribution >= 0.6 is 0 Å². The van der Waals surface area contributed by atoms with Gasteiger partial charge in [0.1, 0.15) is 12.4 Å². The van der Waals surface area contributed by atoms with Crippen LogP contribution in [0.25, 0.3) is 11.0 Å². The van der Waals surface area contributed by atoms with Gasteiger partial charge in [-0.25, -0.2) is 12.4 Å². The second kappa shape index (κ2) is 8.50. The number of rotatable bonds is 4. The molecule has 3 heterocycles. The number of fused-ring (bicyclic) bond motifs is 2. The lowest BCUT2D eigenvalue weighted by Gasteiger charge is -2.28. The van der Waals surface area contributed by atoms with Crippen molar-refractivity contribution in [2.24, 2.45) is 5.73 Å². The number of nitrogens with zero attached hydrogens (tertiary/aromatic N) is 3. The predicted molar refractivity (Wildman–Crippen MR) is 109 cm³/mol. The number of benzene rings is 1. The fourth-order valence-electron chi connectivity index (χ4n) is 3.24. The number of carbonyl (C=O) groups is 1. The topological polar surface area (TPSA) is 128 Å². The summed E-state index contributed by atoms with van der Waals surface area (Å²) in [5, 5.41) is 6.89. The van der Waals surface area contributed by atoms with Crippen molar-refractivity contribution in [1.29, 1.82) is 0 Å². The molecule has 0 radical (unpaired) electrons. The molecule has 1 aliphatic heterocycles. The molecular formula is C19H22N4O5S. The molecule has 10 heteroatoms. The molecule has 0 atom stereocenters. The standard InChI is InChI=1S/C18H20N4O3S.CH2O2/c1-21-9-10-25-17-5-4-14(11-16(17)21)26(23,24)22-12-13(6-7-19)18-15(22)3-2-8-20-18;2-1-3/h2-5,8,11-12H,6-7,9-10,19H2,1H3;1H,(H,2,3). The summed E-state index contributed by atoms with van der Waals surface area (Å²) in [5.74, 6) is 0.695. The highest BCUT2D eigenvalue weighted by Crippen LogP contribution is 2.34. The second-order valence-electron chi connectivity index (χ2n) is 6.37. The Kier molecular flexibility index (Phi) is 6.04. The van der Waals surface area contributed by atoms with E-state index >= 15 is 0 Å². The second-order valence-corrected chi connectivity index (χ2v) is 8.18. The molecule has 0 fully saturated rings. The normalized spacial score (nSPS) is 13.2. The van der Waals surface area contributed by atoms with Crippen LogP contribution in [0.3, 0.4) is 0 Å². The lowest BCUT2D eigenvalue weighted by Crippen LogP contribution is -2.29. The fraction of sp³-hybridized carbons (Fsp3) is 0.263. The van der Waals surface area contributed by atoms with Crippen LogP contribution in [-0.2, 0) is 21.2 Å². The molecule has 0 saturated heterocycles. The number of aromatic nitrogens is 2. The monoisotopic (exact) mass is 418 g/mol. The maximum Gasteiger partial charge on any atom is 0.290 e. The van der Waals surface area contributed by atoms with Gasteiger partial charge >= 0.3 is 0 Å². The van der Waals surface area contributed by atoms with E-state index in [1.54, 1.807) is 42.7 Å². The average Bonchev–Trinajstić information content (AvgIpc) is 3.09. The van der Waals surface area contributed by atoms with Crippen LogP contribution in [0.5, 0.6) is 5.75 Å². The molecule has 0 aliphatic carbocycles. The number of carboxylic acid groups (broad SMARTS) is 1. The summed E-state index contributed by atoms with van der Waals surface area (Å²) in [6, 6.07) is 8.44. The average molecular weight is 418 g/mol. The maximum absolute atomic E-state index is 13.3. The van der Waals surface area contributed by atoms with E-state index < -0.39 is 10.0 Å². The van der Waals surface area contributed by atoms with Crippen LogP contribution in [0.4, 0.5) is 5.69 Å². The molecule has 0 spiro atoms. The van der Waals surface area contributed by atoms with Gasteiger partial charge < -0.3 is 20.5 Å². The van der Waals surface area contributed by atoms with Crippen LogP contribution < -0.4 is 15.4 Å². The minimum Gasteiger partial charge on any atom is -0.490 e. The number of hydrogen-bond acceptors (Lipinski definition) is 7. The summed E-state index contributed by atoms with van der Waals surface area (Å²) < 4.78 is 33.5. The summed E-state index contributed by atoms with van der Waals surface area (Å²) >= 11 is 0. The molecule has 4 rings (SSSR count). The quantitative estimate of drug-likeness (QED) is 0.607. The van der Waals surface area contributed by atoms with Crippen molar-refractivity contribution < 1.29 is 23.1 Å². The third-order valence-electron chi connectivity index (χ3n) is 4.60. The Labute approximate surface area is 168 Å². The van der Waals surface area contributed by atoms with E-state index in [2.05, 4.69) is 4.98 Å². The van der Waals surface area contributed by atoms with Gasteiger partial charge in [-0.2, -0.15) is 0 Å². The van der Waals surface area contributed by atoms with Gasteiger partial charge in [0.05, 0.1) is 28.2 Å². The van der Waals surface area contributed by atoms with Crippen LogP contribution in [0, 0.1) is 0 Å². The van der Waals surface area contributed by atoms with Crippen LogP contribution in [0.2, 0.25) is 0 Å². The summed E-state index contributed by atoms with van der Waals surface area (Å²) in [4.78, 5) is 14.9. The summed E-state index contributed by atoms with van der Waals surface area (Å²) in [6.07, 6.45) is 3.85. The zero-order chi connectivity index (χ0) is 21.0. The summed E-state index contributed by atoms with van der Waals surface area (Å²) in [6.45, 7) is 1.48. The minimum absolute atomic E-state index is 0.216. The Hall–Kier alpha value is -3.11. The van der Waals surface area contributed by atoms with Crippen molar-refractivity contribution >= 4 is 33.2 Å². The SMILES string of the molecule is CN1CCOc2ccc(S(=O)(=O)n3cc(CCN)c4ncccc43)cc21.O=CO.